The fraction of sp³-hybridized carbons (Fsp3) is 0.400. The Balaban J connectivity index is 1.31. The second-order valence-corrected chi connectivity index (χ2v) is 7.19. The summed E-state index contributed by atoms with van der Waals surface area (Å²) < 4.78 is 5.78. The number of nitriles is 1. The SMILES string of the molecule is N#Cc1ccc(NCC2CCC3(CC2)CN(c2ccccn2)C(=O)O3)cn1. The second kappa shape index (κ2) is 7.23. The van der Waals surface area contributed by atoms with Crippen LogP contribution in [-0.2, 0) is 4.74 Å². The predicted octanol–water partition coefficient (Wildman–Crippen LogP) is 3.35. The number of pyridine rings is 2. The first-order valence-electron chi connectivity index (χ1n) is 9.19. The lowest BCUT2D eigenvalue weighted by atomic mass is 9.78. The van der Waals surface area contributed by atoms with Crippen LogP contribution in [-0.4, -0.2) is 34.8 Å². The second-order valence-electron chi connectivity index (χ2n) is 7.19. The fourth-order valence-electron chi connectivity index (χ4n) is 3.81. The van der Waals surface area contributed by atoms with Crippen molar-refractivity contribution in [3.8, 4) is 6.07 Å². The van der Waals surface area contributed by atoms with Gasteiger partial charge in [0.25, 0.3) is 0 Å². The Morgan fingerprint density at radius 1 is 1.26 bits per heavy atom. The third-order valence-corrected chi connectivity index (χ3v) is 5.39. The molecule has 0 atom stereocenters. The summed E-state index contributed by atoms with van der Waals surface area (Å²) in [5.74, 6) is 1.17. The number of nitrogens with one attached hydrogen (secondary N) is 1. The first kappa shape index (κ1) is 17.3. The highest BCUT2D eigenvalue weighted by molar-refractivity contribution is 5.89. The van der Waals surface area contributed by atoms with Crippen molar-refractivity contribution < 1.29 is 9.53 Å². The van der Waals surface area contributed by atoms with Gasteiger partial charge in [0.05, 0.1) is 18.4 Å². The van der Waals surface area contributed by atoms with Crippen LogP contribution in [0.5, 0.6) is 0 Å². The monoisotopic (exact) mass is 363 g/mol. The van der Waals surface area contributed by atoms with Gasteiger partial charge in [-0.3, -0.25) is 4.90 Å². The highest BCUT2D eigenvalue weighted by Gasteiger charge is 2.47. The summed E-state index contributed by atoms with van der Waals surface area (Å²) in [5, 5.41) is 12.2. The Morgan fingerprint density at radius 3 is 2.78 bits per heavy atom. The molecule has 0 radical (unpaired) electrons. The van der Waals surface area contributed by atoms with Crippen molar-refractivity contribution in [2.24, 2.45) is 5.92 Å². The first-order chi connectivity index (χ1) is 13.2. The Bertz CT molecular complexity index is 839. The van der Waals surface area contributed by atoms with Crippen LogP contribution in [0.15, 0.2) is 42.7 Å². The van der Waals surface area contributed by atoms with Gasteiger partial charge in [-0.25, -0.2) is 14.8 Å². The van der Waals surface area contributed by atoms with Crippen molar-refractivity contribution in [1.29, 1.82) is 5.26 Å². The van der Waals surface area contributed by atoms with E-state index in [1.165, 1.54) is 0 Å². The summed E-state index contributed by atoms with van der Waals surface area (Å²) >= 11 is 0. The van der Waals surface area contributed by atoms with Gasteiger partial charge in [-0.15, -0.1) is 0 Å². The molecule has 1 spiro atoms. The number of ether oxygens (including phenoxy) is 1. The lowest BCUT2D eigenvalue weighted by molar-refractivity contribution is 0.0148. The zero-order chi connectivity index (χ0) is 18.7. The van der Waals surface area contributed by atoms with Crippen LogP contribution in [0.2, 0.25) is 0 Å². The molecule has 4 rings (SSSR count). The molecule has 3 heterocycles. The summed E-state index contributed by atoms with van der Waals surface area (Å²) in [7, 11) is 0. The number of aromatic nitrogens is 2. The van der Waals surface area contributed by atoms with Gasteiger partial charge < -0.3 is 10.1 Å². The topological polar surface area (TPSA) is 91.1 Å². The molecule has 2 aromatic heterocycles. The summed E-state index contributed by atoms with van der Waals surface area (Å²) in [5.41, 5.74) is 0.949. The van der Waals surface area contributed by atoms with Crippen LogP contribution in [0, 0.1) is 17.2 Å². The van der Waals surface area contributed by atoms with Crippen LogP contribution >= 0.6 is 0 Å². The van der Waals surface area contributed by atoms with Crippen molar-refractivity contribution in [2.45, 2.75) is 31.3 Å². The fourth-order valence-corrected chi connectivity index (χ4v) is 3.81. The van der Waals surface area contributed by atoms with Crippen LogP contribution in [0.3, 0.4) is 0 Å². The standard InChI is InChI=1S/C20H21N5O2/c21-11-16-4-5-17(13-24-16)23-12-15-6-8-20(9-7-15)14-25(19(26)27-20)18-3-1-2-10-22-18/h1-5,10,13,15,23H,6-9,12,14H2. The number of hydrogen-bond acceptors (Lipinski definition) is 6. The molecule has 27 heavy (non-hydrogen) atoms. The maximum absolute atomic E-state index is 12.3. The third kappa shape index (κ3) is 3.70. The lowest BCUT2D eigenvalue weighted by Gasteiger charge is -2.35. The van der Waals surface area contributed by atoms with Crippen molar-refractivity contribution in [3.05, 3.63) is 48.4 Å². The summed E-state index contributed by atoms with van der Waals surface area (Å²) in [6.45, 7) is 1.42. The number of amides is 1. The summed E-state index contributed by atoms with van der Waals surface area (Å²) in [4.78, 5) is 22.3. The molecule has 1 saturated carbocycles. The van der Waals surface area contributed by atoms with E-state index in [-0.39, 0.29) is 11.7 Å². The van der Waals surface area contributed by atoms with Gasteiger partial charge >= 0.3 is 6.09 Å². The van der Waals surface area contributed by atoms with Crippen molar-refractivity contribution in [2.75, 3.05) is 23.3 Å². The van der Waals surface area contributed by atoms with Crippen LogP contribution in [0.4, 0.5) is 16.3 Å². The number of anilines is 2. The molecule has 7 nitrogen and oxygen atoms in total. The number of nitrogens with zero attached hydrogens (tertiary/aromatic N) is 4. The zero-order valence-electron chi connectivity index (χ0n) is 15.0. The molecule has 2 aliphatic rings. The van der Waals surface area contributed by atoms with E-state index in [9.17, 15) is 4.79 Å². The molecule has 0 bridgehead atoms. The highest BCUT2D eigenvalue weighted by Crippen LogP contribution is 2.40. The van der Waals surface area contributed by atoms with E-state index in [4.69, 9.17) is 10.00 Å². The minimum absolute atomic E-state index is 0.297. The van der Waals surface area contributed by atoms with E-state index in [0.29, 0.717) is 24.0 Å². The first-order valence-corrected chi connectivity index (χ1v) is 9.19. The van der Waals surface area contributed by atoms with Gasteiger partial charge in [0.2, 0.25) is 0 Å². The Hall–Kier alpha value is -3.14. The van der Waals surface area contributed by atoms with Crippen LogP contribution in [0.1, 0.15) is 31.4 Å². The normalized spacial score (nSPS) is 24.5. The van der Waals surface area contributed by atoms with Gasteiger partial charge in [0, 0.05) is 12.7 Å². The maximum atomic E-state index is 12.3. The smallest absolute Gasteiger partial charge is 0.416 e. The number of carbonyl (C=O) groups excluding carboxylic acids is 1. The van der Waals surface area contributed by atoms with E-state index >= 15 is 0 Å². The Morgan fingerprint density at radius 2 is 2.11 bits per heavy atom. The minimum Gasteiger partial charge on any atom is -0.441 e. The molecule has 0 unspecified atom stereocenters. The maximum Gasteiger partial charge on any atom is 0.416 e. The van der Waals surface area contributed by atoms with Gasteiger partial charge in [0.15, 0.2) is 0 Å². The van der Waals surface area contributed by atoms with Crippen molar-refractivity contribution in [3.63, 3.8) is 0 Å². The molecule has 1 aliphatic carbocycles. The molecule has 7 heteroatoms. The zero-order valence-corrected chi connectivity index (χ0v) is 15.0. The molecule has 138 valence electrons. The largest absolute Gasteiger partial charge is 0.441 e. The molecule has 1 amide bonds. The Kier molecular flexibility index (Phi) is 4.63. The minimum atomic E-state index is -0.388. The molecule has 1 saturated heterocycles. The van der Waals surface area contributed by atoms with Gasteiger partial charge in [-0.1, -0.05) is 6.07 Å². The lowest BCUT2D eigenvalue weighted by Crippen LogP contribution is -2.39. The predicted molar refractivity (Wildman–Crippen MR) is 100 cm³/mol. The number of hydrogen-bond donors (Lipinski definition) is 1. The van der Waals surface area contributed by atoms with Crippen molar-refractivity contribution >= 4 is 17.6 Å². The van der Waals surface area contributed by atoms with E-state index in [1.54, 1.807) is 23.4 Å². The summed E-state index contributed by atoms with van der Waals surface area (Å²) in [6, 6.07) is 11.1. The van der Waals surface area contributed by atoms with Crippen LogP contribution in [0.25, 0.3) is 0 Å². The molecule has 1 N–H and O–H groups in total. The third-order valence-electron chi connectivity index (χ3n) is 5.39. The molecule has 2 fully saturated rings. The molecule has 1 aliphatic heterocycles. The number of rotatable bonds is 4. The molecule has 2 aromatic rings. The highest BCUT2D eigenvalue weighted by atomic mass is 16.6. The van der Waals surface area contributed by atoms with Gasteiger partial charge in [0.1, 0.15) is 23.2 Å². The van der Waals surface area contributed by atoms with Crippen molar-refractivity contribution in [1.82, 2.24) is 9.97 Å². The quantitative estimate of drug-likeness (QED) is 0.896. The van der Waals surface area contributed by atoms with E-state index in [2.05, 4.69) is 15.3 Å². The van der Waals surface area contributed by atoms with Gasteiger partial charge in [-0.05, 0) is 55.9 Å². The van der Waals surface area contributed by atoms with Crippen LogP contribution < -0.4 is 10.2 Å². The molecule has 0 aromatic carbocycles. The molecular formula is C20H21N5O2. The average molecular weight is 363 g/mol. The summed E-state index contributed by atoms with van der Waals surface area (Å²) in [6.07, 6.45) is 6.80. The van der Waals surface area contributed by atoms with E-state index < -0.39 is 0 Å². The van der Waals surface area contributed by atoms with E-state index in [1.807, 2.05) is 30.3 Å². The van der Waals surface area contributed by atoms with Gasteiger partial charge in [-0.2, -0.15) is 5.26 Å². The number of carbonyl (C=O) groups is 1. The Labute approximate surface area is 158 Å². The van der Waals surface area contributed by atoms with E-state index in [0.717, 1.165) is 37.9 Å². The average Bonchev–Trinajstić information content (AvgIpc) is 3.04. The molecular weight excluding hydrogens is 342 g/mol.